The third-order valence-electron chi connectivity index (χ3n) is 3.01. The summed E-state index contributed by atoms with van der Waals surface area (Å²) in [6, 6.07) is 7.54. The Morgan fingerprint density at radius 3 is 2.82 bits per heavy atom. The van der Waals surface area contributed by atoms with Gasteiger partial charge in [0.15, 0.2) is 0 Å². The molecule has 0 saturated heterocycles. The van der Waals surface area contributed by atoms with Crippen molar-refractivity contribution in [3.8, 4) is 0 Å². The third kappa shape index (κ3) is 3.28. The normalized spacial score (nSPS) is 15.4. The molecular formula is C13H18N2O2. The Balaban J connectivity index is 1.84. The fourth-order valence-corrected chi connectivity index (χ4v) is 1.74. The molecule has 1 aliphatic rings. The minimum atomic E-state index is -0.113. The first-order chi connectivity index (χ1) is 8.29. The van der Waals surface area contributed by atoms with E-state index in [0.29, 0.717) is 6.54 Å². The molecule has 1 aromatic rings. The van der Waals surface area contributed by atoms with Gasteiger partial charge in [0.2, 0.25) is 5.91 Å². The van der Waals surface area contributed by atoms with E-state index in [2.05, 4.69) is 5.32 Å². The Labute approximate surface area is 101 Å². The second-order valence-corrected chi connectivity index (χ2v) is 4.27. The van der Waals surface area contributed by atoms with Gasteiger partial charge in [0.05, 0.1) is 6.10 Å². The highest BCUT2D eigenvalue weighted by Crippen LogP contribution is 2.21. The molecule has 0 atom stereocenters. The largest absolute Gasteiger partial charge is 0.368 e. The average Bonchev–Trinajstić information content (AvgIpc) is 2.27. The number of ether oxygens (including phenoxy) is 1. The molecule has 1 saturated carbocycles. The van der Waals surface area contributed by atoms with Gasteiger partial charge in [0, 0.05) is 12.2 Å². The maximum Gasteiger partial charge on any atom is 0.250 e. The Bertz CT molecular complexity index is 389. The lowest BCUT2D eigenvalue weighted by Crippen LogP contribution is -2.27. The summed E-state index contributed by atoms with van der Waals surface area (Å²) in [4.78, 5) is 11.6. The monoisotopic (exact) mass is 234 g/mol. The molecule has 92 valence electrons. The number of hydrogen-bond donors (Lipinski definition) is 2. The Hall–Kier alpha value is -1.39. The van der Waals surface area contributed by atoms with Crippen molar-refractivity contribution in [1.82, 2.24) is 0 Å². The Morgan fingerprint density at radius 1 is 1.41 bits per heavy atom. The zero-order valence-electron chi connectivity index (χ0n) is 9.82. The maximum atomic E-state index is 11.6. The number of para-hydroxylation sites is 1. The van der Waals surface area contributed by atoms with Crippen LogP contribution in [0.1, 0.15) is 24.8 Å². The second-order valence-electron chi connectivity index (χ2n) is 4.27. The van der Waals surface area contributed by atoms with E-state index in [-0.39, 0.29) is 18.6 Å². The van der Waals surface area contributed by atoms with Gasteiger partial charge in [-0.15, -0.1) is 0 Å². The first-order valence-electron chi connectivity index (χ1n) is 5.99. The van der Waals surface area contributed by atoms with E-state index in [1.165, 1.54) is 6.42 Å². The molecule has 0 unspecified atom stereocenters. The van der Waals surface area contributed by atoms with E-state index in [1.54, 1.807) is 0 Å². The number of benzene rings is 1. The highest BCUT2D eigenvalue weighted by Gasteiger charge is 2.19. The lowest BCUT2D eigenvalue weighted by molar-refractivity contribution is -0.124. The number of hydrogen-bond acceptors (Lipinski definition) is 3. The summed E-state index contributed by atoms with van der Waals surface area (Å²) in [6.07, 6.45) is 3.65. The summed E-state index contributed by atoms with van der Waals surface area (Å²) in [5, 5.41) is 2.82. The molecule has 0 spiro atoms. The molecule has 4 nitrogen and oxygen atoms in total. The van der Waals surface area contributed by atoms with Gasteiger partial charge in [-0.3, -0.25) is 4.79 Å². The molecule has 0 bridgehead atoms. The number of nitrogens with one attached hydrogen (secondary N) is 1. The van der Waals surface area contributed by atoms with Crippen LogP contribution in [0.4, 0.5) is 5.69 Å². The molecule has 0 radical (unpaired) electrons. The summed E-state index contributed by atoms with van der Waals surface area (Å²) >= 11 is 0. The predicted molar refractivity (Wildman–Crippen MR) is 66.6 cm³/mol. The topological polar surface area (TPSA) is 64.3 Å². The molecule has 17 heavy (non-hydrogen) atoms. The van der Waals surface area contributed by atoms with Crippen molar-refractivity contribution in [2.75, 3.05) is 11.9 Å². The minimum Gasteiger partial charge on any atom is -0.368 e. The Kier molecular flexibility index (Phi) is 4.12. The van der Waals surface area contributed by atoms with Crippen LogP contribution in [0.25, 0.3) is 0 Å². The zero-order chi connectivity index (χ0) is 12.1. The lowest BCUT2D eigenvalue weighted by atomic mass is 9.96. The zero-order valence-corrected chi connectivity index (χ0v) is 9.82. The van der Waals surface area contributed by atoms with E-state index in [9.17, 15) is 4.79 Å². The minimum absolute atomic E-state index is 0.113. The van der Waals surface area contributed by atoms with Crippen LogP contribution < -0.4 is 11.1 Å². The first kappa shape index (κ1) is 12.1. The van der Waals surface area contributed by atoms with Crippen molar-refractivity contribution in [1.29, 1.82) is 0 Å². The Morgan fingerprint density at radius 2 is 2.18 bits per heavy atom. The molecule has 3 N–H and O–H groups in total. The van der Waals surface area contributed by atoms with E-state index in [4.69, 9.17) is 10.5 Å². The van der Waals surface area contributed by atoms with E-state index in [0.717, 1.165) is 24.1 Å². The average molecular weight is 234 g/mol. The summed E-state index contributed by atoms with van der Waals surface area (Å²) in [5.74, 6) is -0.113. The smallest absolute Gasteiger partial charge is 0.250 e. The standard InChI is InChI=1S/C13H18N2O2/c14-8-10-4-1-2-7-12(10)15-13(16)9-17-11-5-3-6-11/h1-2,4,7,11H,3,5-6,8-9,14H2,(H,15,16). The summed E-state index contributed by atoms with van der Waals surface area (Å²) < 4.78 is 5.44. The first-order valence-corrected chi connectivity index (χ1v) is 5.99. The SMILES string of the molecule is NCc1ccccc1NC(=O)COC1CCC1. The summed E-state index contributed by atoms with van der Waals surface area (Å²) in [7, 11) is 0. The summed E-state index contributed by atoms with van der Waals surface area (Å²) in [5.41, 5.74) is 7.31. The number of nitrogens with two attached hydrogens (primary N) is 1. The van der Waals surface area contributed by atoms with Crippen molar-refractivity contribution in [2.24, 2.45) is 5.73 Å². The van der Waals surface area contributed by atoms with Gasteiger partial charge in [-0.2, -0.15) is 0 Å². The van der Waals surface area contributed by atoms with Crippen LogP contribution in [0, 0.1) is 0 Å². The van der Waals surface area contributed by atoms with Gasteiger partial charge < -0.3 is 15.8 Å². The number of carbonyl (C=O) groups excluding carboxylic acids is 1. The lowest BCUT2D eigenvalue weighted by Gasteiger charge is -2.25. The number of rotatable bonds is 5. The molecule has 0 aromatic heterocycles. The van der Waals surface area contributed by atoms with Crippen molar-refractivity contribution in [3.63, 3.8) is 0 Å². The van der Waals surface area contributed by atoms with Crippen LogP contribution in [0.2, 0.25) is 0 Å². The number of anilines is 1. The second kappa shape index (κ2) is 5.80. The molecule has 1 fully saturated rings. The van der Waals surface area contributed by atoms with Crippen molar-refractivity contribution >= 4 is 11.6 Å². The fourth-order valence-electron chi connectivity index (χ4n) is 1.74. The van der Waals surface area contributed by atoms with Gasteiger partial charge in [-0.05, 0) is 30.9 Å². The van der Waals surface area contributed by atoms with Gasteiger partial charge in [-0.25, -0.2) is 0 Å². The number of carbonyl (C=O) groups is 1. The van der Waals surface area contributed by atoms with Crippen molar-refractivity contribution < 1.29 is 9.53 Å². The quantitative estimate of drug-likeness (QED) is 0.814. The number of amides is 1. The van der Waals surface area contributed by atoms with Gasteiger partial charge in [0.25, 0.3) is 0 Å². The molecule has 0 heterocycles. The van der Waals surface area contributed by atoms with Gasteiger partial charge in [0.1, 0.15) is 6.61 Å². The predicted octanol–water partition coefficient (Wildman–Crippen LogP) is 1.65. The van der Waals surface area contributed by atoms with E-state index in [1.807, 2.05) is 24.3 Å². The van der Waals surface area contributed by atoms with Crippen LogP contribution >= 0.6 is 0 Å². The van der Waals surface area contributed by atoms with Gasteiger partial charge >= 0.3 is 0 Å². The summed E-state index contributed by atoms with van der Waals surface area (Å²) in [6.45, 7) is 0.545. The van der Waals surface area contributed by atoms with Crippen LogP contribution in [0.5, 0.6) is 0 Å². The van der Waals surface area contributed by atoms with Gasteiger partial charge in [-0.1, -0.05) is 18.2 Å². The fraction of sp³-hybridized carbons (Fsp3) is 0.462. The maximum absolute atomic E-state index is 11.6. The molecule has 4 heteroatoms. The molecular weight excluding hydrogens is 216 g/mol. The van der Waals surface area contributed by atoms with Crippen LogP contribution in [-0.4, -0.2) is 18.6 Å². The van der Waals surface area contributed by atoms with E-state index >= 15 is 0 Å². The highest BCUT2D eigenvalue weighted by molar-refractivity contribution is 5.92. The molecule has 2 rings (SSSR count). The molecule has 0 aliphatic heterocycles. The third-order valence-corrected chi connectivity index (χ3v) is 3.01. The van der Waals surface area contributed by atoms with Crippen molar-refractivity contribution in [3.05, 3.63) is 29.8 Å². The molecule has 1 aliphatic carbocycles. The van der Waals surface area contributed by atoms with Crippen LogP contribution in [0.3, 0.4) is 0 Å². The highest BCUT2D eigenvalue weighted by atomic mass is 16.5. The van der Waals surface area contributed by atoms with Crippen molar-refractivity contribution in [2.45, 2.75) is 31.9 Å². The van der Waals surface area contributed by atoms with Crippen LogP contribution in [0.15, 0.2) is 24.3 Å². The molecule has 1 aromatic carbocycles. The molecule has 1 amide bonds. The van der Waals surface area contributed by atoms with E-state index < -0.39 is 0 Å². The van der Waals surface area contributed by atoms with Crippen LogP contribution in [-0.2, 0) is 16.1 Å².